The molecule has 0 spiro atoms. The number of halogens is 3. The van der Waals surface area contributed by atoms with Crippen molar-refractivity contribution in [2.45, 2.75) is 12.3 Å². The second-order valence-electron chi connectivity index (χ2n) is 8.38. The molecule has 9 heteroatoms. The molecule has 0 unspecified atom stereocenters. The molecule has 0 bridgehead atoms. The highest BCUT2D eigenvalue weighted by molar-refractivity contribution is 7.23. The zero-order valence-electron chi connectivity index (χ0n) is 18.5. The third-order valence-corrected chi connectivity index (χ3v) is 6.91. The van der Waals surface area contributed by atoms with Gasteiger partial charge >= 0.3 is 12.1 Å². The van der Waals surface area contributed by atoms with Gasteiger partial charge in [0.05, 0.1) is 0 Å². The fraction of sp³-hybridized carbons (Fsp3) is 0.192. The Bertz CT molecular complexity index is 1370. The molecule has 1 aromatic heterocycles. The summed E-state index contributed by atoms with van der Waals surface area (Å²) in [5.41, 5.74) is 2.63. The normalized spacial score (nSPS) is 14.6. The first-order chi connectivity index (χ1) is 16.7. The molecule has 1 aliphatic rings. The lowest BCUT2D eigenvalue weighted by Gasteiger charge is -2.36. The van der Waals surface area contributed by atoms with Crippen LogP contribution in [0.1, 0.15) is 0 Å². The molecule has 0 atom stereocenters. The second-order valence-corrected chi connectivity index (χ2v) is 9.44. The summed E-state index contributed by atoms with van der Waals surface area (Å²) in [4.78, 5) is 14.3. The van der Waals surface area contributed by atoms with Gasteiger partial charge in [-0.2, -0.15) is 13.2 Å². The number of fused-ring (bicyclic) bond motifs is 1. The van der Waals surface area contributed by atoms with Crippen LogP contribution in [-0.2, 0) is 4.79 Å². The van der Waals surface area contributed by atoms with Crippen LogP contribution in [0.4, 0.5) is 13.2 Å². The van der Waals surface area contributed by atoms with E-state index in [1.165, 1.54) is 23.5 Å². The maximum Gasteiger partial charge on any atom is 0.491 e. The van der Waals surface area contributed by atoms with Crippen LogP contribution in [0.3, 0.4) is 0 Å². The number of ether oxygens (including phenoxy) is 2. The molecule has 5 nitrogen and oxygen atoms in total. The van der Waals surface area contributed by atoms with Crippen molar-refractivity contribution < 1.29 is 32.5 Å². The summed E-state index contributed by atoms with van der Waals surface area (Å²) < 4.78 is 49.1. The summed E-state index contributed by atoms with van der Waals surface area (Å²) in [5.74, 6) is -1.56. The molecule has 1 N–H and O–H groups in total. The summed E-state index contributed by atoms with van der Waals surface area (Å²) in [6.07, 6.45) is -4.91. The summed E-state index contributed by atoms with van der Waals surface area (Å²) in [6.45, 7) is 1.76. The smallest absolute Gasteiger partial charge is 0.491 e. The lowest BCUT2D eigenvalue weighted by Crippen LogP contribution is -2.51. The highest BCUT2D eigenvalue weighted by Gasteiger charge is 2.41. The predicted molar refractivity (Wildman–Crippen MR) is 128 cm³/mol. The highest BCUT2D eigenvalue weighted by atomic mass is 32.1. The minimum Gasteiger partial charge on any atom is -0.508 e. The van der Waals surface area contributed by atoms with Gasteiger partial charge in [0, 0.05) is 33.6 Å². The van der Waals surface area contributed by atoms with Gasteiger partial charge in [-0.05, 0) is 72.8 Å². The summed E-state index contributed by atoms with van der Waals surface area (Å²) >= 11 is 1.36. The number of thiophene rings is 1. The van der Waals surface area contributed by atoms with E-state index in [1.807, 2.05) is 31.3 Å². The molecule has 0 radical (unpaired) electrons. The number of aromatic hydroxyl groups is 1. The average molecular weight is 500 g/mol. The Balaban J connectivity index is 1.54. The molecular formula is C26H20F3NO4S. The van der Waals surface area contributed by atoms with Crippen LogP contribution in [-0.4, -0.2) is 48.4 Å². The lowest BCUT2D eigenvalue weighted by atomic mass is 9.98. The second kappa shape index (κ2) is 8.90. The van der Waals surface area contributed by atoms with Gasteiger partial charge < -0.3 is 14.6 Å². The first-order valence-electron chi connectivity index (χ1n) is 10.8. The number of hydrogen-bond donors (Lipinski definition) is 1. The Morgan fingerprint density at radius 1 is 0.971 bits per heavy atom. The minimum atomic E-state index is -5.08. The van der Waals surface area contributed by atoms with Crippen molar-refractivity contribution >= 4 is 27.4 Å². The van der Waals surface area contributed by atoms with Crippen molar-refractivity contribution in [2.24, 2.45) is 0 Å². The Morgan fingerprint density at radius 2 is 1.60 bits per heavy atom. The number of carbonyl (C=O) groups excluding carboxylic acids is 1. The minimum absolute atomic E-state index is 0.126. The summed E-state index contributed by atoms with van der Waals surface area (Å²) in [7, 11) is 2.03. The zero-order chi connectivity index (χ0) is 24.7. The molecule has 0 saturated carbocycles. The third kappa shape index (κ3) is 4.82. The Hall–Kier alpha value is -3.56. The van der Waals surface area contributed by atoms with Gasteiger partial charge in [0.1, 0.15) is 23.4 Å². The first kappa shape index (κ1) is 23.2. The average Bonchev–Trinajstić information content (AvgIpc) is 3.17. The highest BCUT2D eigenvalue weighted by Crippen LogP contribution is 2.46. The number of likely N-dealkylation sites (tertiary alicyclic amines) is 1. The Kier molecular flexibility index (Phi) is 5.90. The molecule has 1 fully saturated rings. The number of rotatable bonds is 5. The largest absolute Gasteiger partial charge is 0.508 e. The number of benzene rings is 3. The van der Waals surface area contributed by atoms with E-state index in [9.17, 15) is 23.1 Å². The standard InChI is InChI=1S/C26H20F3NO4S/c1-30-13-20(14-30)33-18-8-4-15(5-9-18)23-21-11-10-19(34-25(32)26(27,28)29)12-22(21)35-24(23)16-2-6-17(31)7-3-16/h2-12,20,31H,13-14H2,1H3. The van der Waals surface area contributed by atoms with E-state index in [1.54, 1.807) is 30.3 Å². The monoisotopic (exact) mass is 499 g/mol. The number of phenolic OH excluding ortho intramolecular Hbond substituents is 1. The predicted octanol–water partition coefficient (Wildman–Crippen LogP) is 6.10. The molecule has 0 amide bonds. The van der Waals surface area contributed by atoms with Gasteiger partial charge in [-0.25, -0.2) is 4.79 Å². The number of hydrogen-bond acceptors (Lipinski definition) is 6. The first-order valence-corrected chi connectivity index (χ1v) is 11.6. The molecule has 35 heavy (non-hydrogen) atoms. The maximum absolute atomic E-state index is 12.6. The van der Waals surface area contributed by atoms with E-state index < -0.39 is 12.1 Å². The molecule has 2 heterocycles. The van der Waals surface area contributed by atoms with E-state index in [-0.39, 0.29) is 17.6 Å². The van der Waals surface area contributed by atoms with Crippen LogP contribution in [0, 0.1) is 0 Å². The van der Waals surface area contributed by atoms with Gasteiger partial charge in [-0.15, -0.1) is 11.3 Å². The number of alkyl halides is 3. The molecule has 1 aliphatic heterocycles. The van der Waals surface area contributed by atoms with Crippen LogP contribution in [0.2, 0.25) is 0 Å². The third-order valence-electron chi connectivity index (χ3n) is 5.71. The van der Waals surface area contributed by atoms with Crippen molar-refractivity contribution in [3.05, 3.63) is 66.7 Å². The van der Waals surface area contributed by atoms with E-state index in [2.05, 4.69) is 9.64 Å². The number of likely N-dealkylation sites (N-methyl/N-ethyl adjacent to an activating group) is 1. The zero-order valence-corrected chi connectivity index (χ0v) is 19.3. The van der Waals surface area contributed by atoms with Gasteiger partial charge in [-0.3, -0.25) is 4.90 Å². The fourth-order valence-corrected chi connectivity index (χ4v) is 5.28. The molecule has 1 saturated heterocycles. The van der Waals surface area contributed by atoms with Gasteiger partial charge in [0.2, 0.25) is 0 Å². The number of carbonyl (C=O) groups is 1. The van der Waals surface area contributed by atoms with Crippen molar-refractivity contribution in [1.82, 2.24) is 4.90 Å². The van der Waals surface area contributed by atoms with Crippen molar-refractivity contribution in [1.29, 1.82) is 0 Å². The van der Waals surface area contributed by atoms with Crippen LogP contribution >= 0.6 is 11.3 Å². The van der Waals surface area contributed by atoms with Gasteiger partial charge in [-0.1, -0.05) is 12.1 Å². The van der Waals surface area contributed by atoms with E-state index >= 15 is 0 Å². The van der Waals surface area contributed by atoms with Crippen molar-refractivity contribution in [3.63, 3.8) is 0 Å². The van der Waals surface area contributed by atoms with Crippen molar-refractivity contribution in [2.75, 3.05) is 20.1 Å². The van der Waals surface area contributed by atoms with E-state index in [0.717, 1.165) is 45.8 Å². The van der Waals surface area contributed by atoms with E-state index in [4.69, 9.17) is 4.74 Å². The van der Waals surface area contributed by atoms with Crippen LogP contribution in [0.15, 0.2) is 66.7 Å². The summed E-state index contributed by atoms with van der Waals surface area (Å²) in [5, 5.41) is 10.5. The lowest BCUT2D eigenvalue weighted by molar-refractivity contribution is -0.189. The van der Waals surface area contributed by atoms with Gasteiger partial charge in [0.15, 0.2) is 0 Å². The van der Waals surface area contributed by atoms with Gasteiger partial charge in [0.25, 0.3) is 0 Å². The summed E-state index contributed by atoms with van der Waals surface area (Å²) in [6, 6.07) is 18.8. The fourth-order valence-electron chi connectivity index (χ4n) is 4.02. The molecule has 180 valence electrons. The van der Waals surface area contributed by atoms with Crippen molar-refractivity contribution in [3.8, 4) is 38.8 Å². The SMILES string of the molecule is CN1CC(Oc2ccc(-c3c(-c4ccc(O)cc4)sc4cc(OC(=O)C(F)(F)F)ccc34)cc2)C1. The number of phenols is 1. The molecule has 4 aromatic rings. The molecule has 5 rings (SSSR count). The Labute approximate surface area is 202 Å². The number of nitrogens with zero attached hydrogens (tertiary/aromatic N) is 1. The Morgan fingerprint density at radius 3 is 2.23 bits per heavy atom. The molecule has 3 aromatic carbocycles. The van der Waals surface area contributed by atoms with Crippen LogP contribution < -0.4 is 9.47 Å². The molecular weight excluding hydrogens is 479 g/mol. The topological polar surface area (TPSA) is 59.0 Å². The quantitative estimate of drug-likeness (QED) is 0.266. The van der Waals surface area contributed by atoms with Crippen LogP contribution in [0.5, 0.6) is 17.2 Å². The van der Waals surface area contributed by atoms with Crippen LogP contribution in [0.25, 0.3) is 31.7 Å². The van der Waals surface area contributed by atoms with E-state index in [0.29, 0.717) is 4.70 Å². The molecule has 0 aliphatic carbocycles. The maximum atomic E-state index is 12.6. The number of esters is 1.